The zero-order chi connectivity index (χ0) is 13.5. The predicted molar refractivity (Wildman–Crippen MR) is 81.1 cm³/mol. The molecule has 106 valence electrons. The number of nitrogens with one attached hydrogen (secondary N) is 1. The van der Waals surface area contributed by atoms with E-state index < -0.39 is 0 Å². The number of nitrogens with zero attached hydrogens (tertiary/aromatic N) is 1. The monoisotopic (exact) mass is 262 g/mol. The summed E-state index contributed by atoms with van der Waals surface area (Å²) in [5, 5.41) is 3.63. The van der Waals surface area contributed by atoms with E-state index in [9.17, 15) is 0 Å². The summed E-state index contributed by atoms with van der Waals surface area (Å²) in [6.45, 7) is 8.36. The molecule has 0 aromatic heterocycles. The Morgan fingerprint density at radius 1 is 1.21 bits per heavy atom. The highest BCUT2D eigenvalue weighted by atomic mass is 16.5. The summed E-state index contributed by atoms with van der Waals surface area (Å²) in [7, 11) is 0. The molecular weight excluding hydrogens is 236 g/mol. The maximum absolute atomic E-state index is 5.72. The molecule has 1 aliphatic rings. The fourth-order valence-corrected chi connectivity index (χ4v) is 2.67. The topological polar surface area (TPSA) is 24.5 Å². The molecule has 3 nitrogen and oxygen atoms in total. The van der Waals surface area contributed by atoms with Crippen LogP contribution in [-0.2, 0) is 0 Å². The van der Waals surface area contributed by atoms with Crippen molar-refractivity contribution in [2.24, 2.45) is 0 Å². The lowest BCUT2D eigenvalue weighted by atomic mass is 10.0. The lowest BCUT2D eigenvalue weighted by molar-refractivity contribution is 0.338. The van der Waals surface area contributed by atoms with Gasteiger partial charge < -0.3 is 15.0 Å². The summed E-state index contributed by atoms with van der Waals surface area (Å²) in [5.41, 5.74) is 1.25. The highest BCUT2D eigenvalue weighted by Gasteiger charge is 2.20. The molecule has 0 saturated carbocycles. The molecule has 1 aliphatic heterocycles. The average Bonchev–Trinajstić information content (AvgIpc) is 2.47. The van der Waals surface area contributed by atoms with E-state index in [1.165, 1.54) is 24.9 Å². The minimum atomic E-state index is 0.690. The van der Waals surface area contributed by atoms with Crippen LogP contribution in [0, 0.1) is 0 Å². The third-order valence-electron chi connectivity index (χ3n) is 3.68. The van der Waals surface area contributed by atoms with Crippen LogP contribution in [-0.4, -0.2) is 32.3 Å². The number of benzene rings is 1. The third kappa shape index (κ3) is 3.87. The molecule has 1 aromatic rings. The highest BCUT2D eigenvalue weighted by Crippen LogP contribution is 2.30. The number of piperidine rings is 1. The molecule has 0 bridgehead atoms. The number of anilines is 1. The normalized spacial score (nSPS) is 16.6. The van der Waals surface area contributed by atoms with Crippen molar-refractivity contribution in [2.45, 2.75) is 39.2 Å². The van der Waals surface area contributed by atoms with E-state index in [1.54, 1.807) is 0 Å². The number of hydrogen-bond donors (Lipinski definition) is 1. The number of rotatable bonds is 6. The summed E-state index contributed by atoms with van der Waals surface area (Å²) < 4.78 is 5.72. The Bertz CT molecular complexity index is 373. The number of ether oxygens (including phenoxy) is 1. The van der Waals surface area contributed by atoms with E-state index in [4.69, 9.17) is 4.74 Å². The fourth-order valence-electron chi connectivity index (χ4n) is 2.67. The second-order valence-electron chi connectivity index (χ2n) is 5.12. The van der Waals surface area contributed by atoms with E-state index >= 15 is 0 Å². The minimum absolute atomic E-state index is 0.690. The lowest BCUT2D eigenvalue weighted by Gasteiger charge is -2.34. The van der Waals surface area contributed by atoms with Gasteiger partial charge in [0.25, 0.3) is 0 Å². The van der Waals surface area contributed by atoms with Crippen LogP contribution in [0.3, 0.4) is 0 Å². The van der Waals surface area contributed by atoms with Crippen LogP contribution in [0.15, 0.2) is 24.3 Å². The van der Waals surface area contributed by atoms with Gasteiger partial charge in [-0.25, -0.2) is 0 Å². The van der Waals surface area contributed by atoms with Gasteiger partial charge in [-0.1, -0.05) is 19.1 Å². The van der Waals surface area contributed by atoms with Crippen LogP contribution in [0.2, 0.25) is 0 Å². The van der Waals surface area contributed by atoms with Gasteiger partial charge in [0.15, 0.2) is 0 Å². The van der Waals surface area contributed by atoms with Gasteiger partial charge in [-0.15, -0.1) is 0 Å². The third-order valence-corrected chi connectivity index (χ3v) is 3.68. The molecule has 0 aliphatic carbocycles. The molecule has 1 saturated heterocycles. The maximum Gasteiger partial charge on any atom is 0.142 e. The molecule has 0 spiro atoms. The zero-order valence-corrected chi connectivity index (χ0v) is 12.2. The number of para-hydroxylation sites is 2. The Hall–Kier alpha value is -1.22. The first-order chi connectivity index (χ1) is 9.35. The van der Waals surface area contributed by atoms with Crippen molar-refractivity contribution in [2.75, 3.05) is 31.1 Å². The Morgan fingerprint density at radius 3 is 2.63 bits per heavy atom. The predicted octanol–water partition coefficient (Wildman–Crippen LogP) is 3.05. The van der Waals surface area contributed by atoms with Gasteiger partial charge in [-0.3, -0.25) is 0 Å². The van der Waals surface area contributed by atoms with Gasteiger partial charge in [-0.2, -0.15) is 0 Å². The van der Waals surface area contributed by atoms with Gasteiger partial charge in [-0.05, 0) is 44.9 Å². The van der Waals surface area contributed by atoms with E-state index in [1.807, 2.05) is 13.0 Å². The fraction of sp³-hybridized carbons (Fsp3) is 0.625. The van der Waals surface area contributed by atoms with E-state index in [0.717, 1.165) is 32.0 Å². The summed E-state index contributed by atoms with van der Waals surface area (Å²) >= 11 is 0. The second-order valence-corrected chi connectivity index (χ2v) is 5.12. The minimum Gasteiger partial charge on any atom is -0.492 e. The van der Waals surface area contributed by atoms with Crippen molar-refractivity contribution >= 4 is 5.69 Å². The zero-order valence-electron chi connectivity index (χ0n) is 12.2. The van der Waals surface area contributed by atoms with Gasteiger partial charge in [0.05, 0.1) is 12.3 Å². The quantitative estimate of drug-likeness (QED) is 0.853. The molecule has 3 heteroatoms. The summed E-state index contributed by atoms with van der Waals surface area (Å²) in [5.74, 6) is 1.02. The molecule has 1 aromatic carbocycles. The standard InChI is InChI=1S/C16H26N2O/c1-3-11-17-14-9-12-18(13-10-14)15-7-5-6-8-16(15)19-4-2/h5-8,14,17H,3-4,9-13H2,1-2H3. The highest BCUT2D eigenvalue weighted by molar-refractivity contribution is 5.58. The summed E-state index contributed by atoms with van der Waals surface area (Å²) in [4.78, 5) is 2.45. The maximum atomic E-state index is 5.72. The molecule has 1 fully saturated rings. The van der Waals surface area contributed by atoms with Crippen LogP contribution < -0.4 is 15.0 Å². The van der Waals surface area contributed by atoms with E-state index in [2.05, 4.69) is 35.3 Å². The van der Waals surface area contributed by atoms with E-state index in [0.29, 0.717) is 6.04 Å². The average molecular weight is 262 g/mol. The molecule has 1 N–H and O–H groups in total. The Kier molecular flexibility index (Phi) is 5.52. The van der Waals surface area contributed by atoms with Crippen molar-refractivity contribution in [1.82, 2.24) is 5.32 Å². The lowest BCUT2D eigenvalue weighted by Crippen LogP contribution is -2.42. The van der Waals surface area contributed by atoms with Gasteiger partial charge in [0, 0.05) is 19.1 Å². The summed E-state index contributed by atoms with van der Waals surface area (Å²) in [6.07, 6.45) is 3.66. The van der Waals surface area contributed by atoms with Crippen LogP contribution >= 0.6 is 0 Å². The first kappa shape index (κ1) is 14.2. The van der Waals surface area contributed by atoms with Crippen molar-refractivity contribution in [3.8, 4) is 5.75 Å². The van der Waals surface area contributed by atoms with Crippen LogP contribution in [0.5, 0.6) is 5.75 Å². The van der Waals surface area contributed by atoms with Gasteiger partial charge >= 0.3 is 0 Å². The Balaban J connectivity index is 1.93. The first-order valence-corrected chi connectivity index (χ1v) is 7.55. The van der Waals surface area contributed by atoms with Gasteiger partial charge in [0.1, 0.15) is 5.75 Å². The number of hydrogen-bond acceptors (Lipinski definition) is 3. The Labute approximate surface area is 116 Å². The van der Waals surface area contributed by atoms with Crippen molar-refractivity contribution < 1.29 is 4.74 Å². The molecule has 0 amide bonds. The van der Waals surface area contributed by atoms with Crippen molar-refractivity contribution in [3.05, 3.63) is 24.3 Å². The van der Waals surface area contributed by atoms with Crippen LogP contribution in [0.25, 0.3) is 0 Å². The largest absolute Gasteiger partial charge is 0.492 e. The van der Waals surface area contributed by atoms with Gasteiger partial charge in [0.2, 0.25) is 0 Å². The molecule has 0 unspecified atom stereocenters. The molecule has 0 radical (unpaired) electrons. The second kappa shape index (κ2) is 7.39. The first-order valence-electron chi connectivity index (χ1n) is 7.55. The van der Waals surface area contributed by atoms with Crippen LogP contribution in [0.1, 0.15) is 33.1 Å². The molecule has 2 rings (SSSR count). The van der Waals surface area contributed by atoms with Crippen LogP contribution in [0.4, 0.5) is 5.69 Å². The molecule has 1 heterocycles. The molecule has 0 atom stereocenters. The smallest absolute Gasteiger partial charge is 0.142 e. The van der Waals surface area contributed by atoms with Crippen molar-refractivity contribution in [3.63, 3.8) is 0 Å². The SMILES string of the molecule is CCCNC1CCN(c2ccccc2OCC)CC1. The Morgan fingerprint density at radius 2 is 1.95 bits per heavy atom. The molecule has 19 heavy (non-hydrogen) atoms. The summed E-state index contributed by atoms with van der Waals surface area (Å²) in [6, 6.07) is 9.07. The molecular formula is C16H26N2O. The van der Waals surface area contributed by atoms with E-state index in [-0.39, 0.29) is 0 Å². The van der Waals surface area contributed by atoms with Crippen molar-refractivity contribution in [1.29, 1.82) is 0 Å².